The van der Waals surface area contributed by atoms with Crippen molar-refractivity contribution in [3.8, 4) is 0 Å². The fraction of sp³-hybridized carbons (Fsp3) is 0.529. The van der Waals surface area contributed by atoms with E-state index in [-0.39, 0.29) is 5.41 Å². The fourth-order valence-corrected chi connectivity index (χ4v) is 2.50. The maximum Gasteiger partial charge on any atom is 0.0480 e. The maximum absolute atomic E-state index is 5.77. The molecular formula is C17H26N2. The number of aryl methyl sites for hydroxylation is 2. The summed E-state index contributed by atoms with van der Waals surface area (Å²) in [5, 5.41) is 1.35. The van der Waals surface area contributed by atoms with Crippen LogP contribution in [0.25, 0.3) is 10.9 Å². The molecule has 0 fully saturated rings. The molecule has 0 saturated carbocycles. The van der Waals surface area contributed by atoms with Crippen LogP contribution < -0.4 is 5.73 Å². The standard InChI is InChI=1S/C17H26N2/c1-14-6-7-16-15(12-14)8-11-19(16)10-5-4-9-17(2,3)13-18/h6-8,11-12H,4-5,9-10,13,18H2,1-3H3. The topological polar surface area (TPSA) is 30.9 Å². The molecule has 1 aromatic carbocycles. The van der Waals surface area contributed by atoms with E-state index in [1.165, 1.54) is 35.7 Å². The molecule has 0 atom stereocenters. The van der Waals surface area contributed by atoms with Crippen LogP contribution in [0.15, 0.2) is 30.5 Å². The van der Waals surface area contributed by atoms with E-state index in [2.05, 4.69) is 55.8 Å². The van der Waals surface area contributed by atoms with Gasteiger partial charge in [0.1, 0.15) is 0 Å². The Labute approximate surface area is 116 Å². The molecule has 2 rings (SSSR count). The summed E-state index contributed by atoms with van der Waals surface area (Å²) in [5.41, 5.74) is 8.73. The van der Waals surface area contributed by atoms with Crippen LogP contribution in [0.3, 0.4) is 0 Å². The molecule has 1 heterocycles. The largest absolute Gasteiger partial charge is 0.347 e. The molecule has 0 aliphatic carbocycles. The van der Waals surface area contributed by atoms with Gasteiger partial charge in [0.25, 0.3) is 0 Å². The van der Waals surface area contributed by atoms with E-state index >= 15 is 0 Å². The molecule has 2 N–H and O–H groups in total. The predicted molar refractivity (Wildman–Crippen MR) is 83.4 cm³/mol. The fourth-order valence-electron chi connectivity index (χ4n) is 2.50. The molecule has 0 aliphatic heterocycles. The van der Waals surface area contributed by atoms with Crippen molar-refractivity contribution in [1.82, 2.24) is 4.57 Å². The van der Waals surface area contributed by atoms with Crippen LogP contribution in [0.2, 0.25) is 0 Å². The first-order valence-electron chi connectivity index (χ1n) is 7.27. The van der Waals surface area contributed by atoms with E-state index in [0.29, 0.717) is 0 Å². The zero-order chi connectivity index (χ0) is 13.9. The van der Waals surface area contributed by atoms with Gasteiger partial charge in [-0.3, -0.25) is 0 Å². The summed E-state index contributed by atoms with van der Waals surface area (Å²) in [7, 11) is 0. The van der Waals surface area contributed by atoms with Crippen molar-refractivity contribution in [2.24, 2.45) is 11.1 Å². The van der Waals surface area contributed by atoms with Gasteiger partial charge in [0.15, 0.2) is 0 Å². The molecule has 0 radical (unpaired) electrons. The van der Waals surface area contributed by atoms with Crippen molar-refractivity contribution in [2.75, 3.05) is 6.54 Å². The number of nitrogens with two attached hydrogens (primary N) is 1. The van der Waals surface area contributed by atoms with E-state index in [4.69, 9.17) is 5.73 Å². The van der Waals surface area contributed by atoms with Crippen LogP contribution in [-0.4, -0.2) is 11.1 Å². The third kappa shape index (κ3) is 3.60. The third-order valence-electron chi connectivity index (χ3n) is 3.98. The first-order valence-corrected chi connectivity index (χ1v) is 7.27. The Morgan fingerprint density at radius 1 is 1.16 bits per heavy atom. The minimum Gasteiger partial charge on any atom is -0.347 e. The molecular weight excluding hydrogens is 232 g/mol. The molecule has 19 heavy (non-hydrogen) atoms. The second-order valence-electron chi connectivity index (χ2n) is 6.40. The van der Waals surface area contributed by atoms with Gasteiger partial charge in [-0.1, -0.05) is 31.9 Å². The third-order valence-corrected chi connectivity index (χ3v) is 3.98. The van der Waals surface area contributed by atoms with E-state index in [1.807, 2.05) is 0 Å². The van der Waals surface area contributed by atoms with Crippen LogP contribution >= 0.6 is 0 Å². The summed E-state index contributed by atoms with van der Waals surface area (Å²) in [6.45, 7) is 8.53. The molecule has 0 amide bonds. The first-order chi connectivity index (χ1) is 9.02. The monoisotopic (exact) mass is 258 g/mol. The molecule has 2 heteroatoms. The number of fused-ring (bicyclic) bond motifs is 1. The Kier molecular flexibility index (Phi) is 4.31. The Hall–Kier alpha value is -1.28. The Balaban J connectivity index is 1.92. The quantitative estimate of drug-likeness (QED) is 0.777. The van der Waals surface area contributed by atoms with Crippen LogP contribution in [0.5, 0.6) is 0 Å². The lowest BCUT2D eigenvalue weighted by molar-refractivity contribution is 0.329. The second-order valence-corrected chi connectivity index (χ2v) is 6.40. The average molecular weight is 258 g/mol. The first kappa shape index (κ1) is 14.1. The molecule has 2 nitrogen and oxygen atoms in total. The minimum atomic E-state index is 0.288. The van der Waals surface area contributed by atoms with Crippen molar-refractivity contribution < 1.29 is 0 Å². The molecule has 0 bridgehead atoms. The van der Waals surface area contributed by atoms with Gasteiger partial charge < -0.3 is 10.3 Å². The van der Waals surface area contributed by atoms with Crippen LogP contribution in [0.4, 0.5) is 0 Å². The number of unbranched alkanes of at least 4 members (excludes halogenated alkanes) is 1. The van der Waals surface area contributed by atoms with Gasteiger partial charge in [-0.15, -0.1) is 0 Å². The van der Waals surface area contributed by atoms with Gasteiger partial charge in [-0.05, 0) is 55.3 Å². The lowest BCUT2D eigenvalue weighted by Crippen LogP contribution is -2.23. The summed E-state index contributed by atoms with van der Waals surface area (Å²) < 4.78 is 2.37. The molecule has 0 spiro atoms. The number of hydrogen-bond donors (Lipinski definition) is 1. The molecule has 0 saturated heterocycles. The Morgan fingerprint density at radius 3 is 2.68 bits per heavy atom. The van der Waals surface area contributed by atoms with E-state index in [0.717, 1.165) is 13.1 Å². The molecule has 2 aromatic rings. The van der Waals surface area contributed by atoms with Crippen LogP contribution in [-0.2, 0) is 6.54 Å². The van der Waals surface area contributed by atoms with Gasteiger partial charge >= 0.3 is 0 Å². The maximum atomic E-state index is 5.77. The number of rotatable bonds is 6. The van der Waals surface area contributed by atoms with Crippen LogP contribution in [0, 0.1) is 12.3 Å². The molecule has 0 aliphatic rings. The van der Waals surface area contributed by atoms with Crippen molar-refractivity contribution in [2.45, 2.75) is 46.6 Å². The number of nitrogens with zero attached hydrogens (tertiary/aromatic N) is 1. The highest BCUT2D eigenvalue weighted by atomic mass is 14.9. The van der Waals surface area contributed by atoms with Gasteiger partial charge in [0, 0.05) is 18.3 Å². The zero-order valence-corrected chi connectivity index (χ0v) is 12.4. The highest BCUT2D eigenvalue weighted by Crippen LogP contribution is 2.22. The van der Waals surface area contributed by atoms with Crippen LogP contribution in [0.1, 0.15) is 38.7 Å². The average Bonchev–Trinajstić information content (AvgIpc) is 2.77. The number of aromatic nitrogens is 1. The van der Waals surface area contributed by atoms with Crippen molar-refractivity contribution in [3.63, 3.8) is 0 Å². The molecule has 104 valence electrons. The summed E-state index contributed by atoms with van der Waals surface area (Å²) in [6, 6.07) is 8.89. The van der Waals surface area contributed by atoms with Crippen molar-refractivity contribution in [1.29, 1.82) is 0 Å². The summed E-state index contributed by atoms with van der Waals surface area (Å²) in [5.74, 6) is 0. The zero-order valence-electron chi connectivity index (χ0n) is 12.4. The van der Waals surface area contributed by atoms with Gasteiger partial charge in [0.05, 0.1) is 0 Å². The van der Waals surface area contributed by atoms with E-state index in [1.54, 1.807) is 0 Å². The molecule has 1 aromatic heterocycles. The lowest BCUT2D eigenvalue weighted by atomic mass is 9.87. The predicted octanol–water partition coefficient (Wildman–Crippen LogP) is 4.10. The minimum absolute atomic E-state index is 0.288. The normalized spacial score (nSPS) is 12.2. The number of hydrogen-bond acceptors (Lipinski definition) is 1. The summed E-state index contributed by atoms with van der Waals surface area (Å²) >= 11 is 0. The van der Waals surface area contributed by atoms with Crippen molar-refractivity contribution >= 4 is 10.9 Å². The summed E-state index contributed by atoms with van der Waals surface area (Å²) in [4.78, 5) is 0. The SMILES string of the molecule is Cc1ccc2c(ccn2CCCCC(C)(C)CN)c1. The molecule has 0 unspecified atom stereocenters. The highest BCUT2D eigenvalue weighted by Gasteiger charge is 2.14. The van der Waals surface area contributed by atoms with E-state index < -0.39 is 0 Å². The van der Waals surface area contributed by atoms with Gasteiger partial charge in [-0.2, -0.15) is 0 Å². The van der Waals surface area contributed by atoms with Gasteiger partial charge in [-0.25, -0.2) is 0 Å². The van der Waals surface area contributed by atoms with Gasteiger partial charge in [0.2, 0.25) is 0 Å². The lowest BCUT2D eigenvalue weighted by Gasteiger charge is -2.21. The van der Waals surface area contributed by atoms with E-state index in [9.17, 15) is 0 Å². The highest BCUT2D eigenvalue weighted by molar-refractivity contribution is 5.80. The Bertz CT molecular complexity index is 537. The Morgan fingerprint density at radius 2 is 1.95 bits per heavy atom. The smallest absolute Gasteiger partial charge is 0.0480 e. The second kappa shape index (κ2) is 5.79. The number of benzene rings is 1. The van der Waals surface area contributed by atoms with Crippen molar-refractivity contribution in [3.05, 3.63) is 36.0 Å². The summed E-state index contributed by atoms with van der Waals surface area (Å²) in [6.07, 6.45) is 5.89.